The molecule has 4 aromatic rings. The number of H-pyrrole nitrogens is 1. The van der Waals surface area contributed by atoms with Gasteiger partial charge in [-0.2, -0.15) is 4.31 Å². The maximum absolute atomic E-state index is 12.8. The van der Waals surface area contributed by atoms with Gasteiger partial charge in [-0.3, -0.25) is 0 Å². The molecule has 0 bridgehead atoms. The summed E-state index contributed by atoms with van der Waals surface area (Å²) >= 11 is 0. The lowest BCUT2D eigenvalue weighted by molar-refractivity contribution is 0.382. The molecule has 0 atom stereocenters. The molecule has 4 heterocycles. The quantitative estimate of drug-likeness (QED) is 0.483. The molecule has 5 rings (SSSR count). The molecular formula is C19H27N9O2S. The summed E-state index contributed by atoms with van der Waals surface area (Å²) in [5, 5.41) is 0.0582. The van der Waals surface area contributed by atoms with Crippen molar-refractivity contribution >= 4 is 32.7 Å². The summed E-state index contributed by atoms with van der Waals surface area (Å²) in [6, 6.07) is 7.68. The van der Waals surface area contributed by atoms with Gasteiger partial charge < -0.3 is 20.2 Å². The van der Waals surface area contributed by atoms with Gasteiger partial charge in [0.25, 0.3) is 10.0 Å². The summed E-state index contributed by atoms with van der Waals surface area (Å²) in [7, 11) is -1.88. The number of benzene rings is 1. The van der Waals surface area contributed by atoms with Crippen molar-refractivity contribution in [2.75, 3.05) is 36.8 Å². The second-order valence-electron chi connectivity index (χ2n) is 7.33. The van der Waals surface area contributed by atoms with Crippen LogP contribution >= 0.6 is 0 Å². The number of nitrogens with two attached hydrogens (primary N) is 1. The number of anilines is 2. The van der Waals surface area contributed by atoms with Crippen molar-refractivity contribution in [1.29, 1.82) is 0 Å². The predicted octanol–water partition coefficient (Wildman–Crippen LogP) is 1.58. The molecule has 0 aliphatic carbocycles. The number of aromatic amines is 1. The Balaban J connectivity index is 0.00000136. The Morgan fingerprint density at radius 2 is 1.87 bits per heavy atom. The largest absolute Gasteiger partial charge is 0.382 e. The van der Waals surface area contributed by atoms with Crippen LogP contribution in [-0.2, 0) is 17.1 Å². The van der Waals surface area contributed by atoms with Gasteiger partial charge in [0.2, 0.25) is 0 Å². The van der Waals surface area contributed by atoms with Crippen LogP contribution in [0.1, 0.15) is 4.28 Å². The highest BCUT2D eigenvalue weighted by Gasteiger charge is 2.30. The first kappa shape index (κ1) is 19.5. The zero-order valence-corrected chi connectivity index (χ0v) is 17.6. The molecule has 1 aromatic carbocycles. The van der Waals surface area contributed by atoms with Gasteiger partial charge in [-0.15, -0.1) is 0 Å². The summed E-state index contributed by atoms with van der Waals surface area (Å²) in [5.41, 5.74) is 8.24. The topological polar surface area (TPSA) is 139 Å². The number of aromatic nitrogens is 6. The number of piperazine rings is 1. The number of imidazole rings is 2. The average Bonchev–Trinajstić information content (AvgIpc) is 3.41. The van der Waals surface area contributed by atoms with E-state index in [0.717, 1.165) is 11.0 Å². The Morgan fingerprint density at radius 1 is 1.10 bits per heavy atom. The van der Waals surface area contributed by atoms with Crippen LogP contribution in [0.4, 0.5) is 11.6 Å². The number of nitrogens with one attached hydrogen (secondary N) is 1. The third-order valence-corrected chi connectivity index (χ3v) is 7.03. The van der Waals surface area contributed by atoms with E-state index in [0.29, 0.717) is 43.5 Å². The Kier molecular flexibility index (Phi) is 4.59. The molecule has 1 aliphatic rings. The van der Waals surface area contributed by atoms with E-state index in [9.17, 15) is 8.42 Å². The first-order valence-corrected chi connectivity index (χ1v) is 11.2. The molecule has 166 valence electrons. The Hall–Kier alpha value is -3.51. The number of nitrogens with zero attached hydrogens (tertiary/aromatic N) is 7. The van der Waals surface area contributed by atoms with E-state index < -0.39 is 10.0 Å². The number of hydrogen-bond acceptors (Lipinski definition) is 8. The van der Waals surface area contributed by atoms with Crippen molar-refractivity contribution in [3.8, 4) is 11.5 Å². The molecule has 31 heavy (non-hydrogen) atoms. The summed E-state index contributed by atoms with van der Waals surface area (Å²) in [6.07, 6.45) is 4.59. The average molecular weight is 446 g/mol. The highest BCUT2D eigenvalue weighted by molar-refractivity contribution is 7.89. The normalized spacial score (nSPS) is 15.6. The number of sulfonamides is 1. The Bertz CT molecular complexity index is 1340. The fraction of sp³-hybridized carbons (Fsp3) is 0.263. The molecule has 1 saturated heterocycles. The molecule has 3 aromatic heterocycles. The van der Waals surface area contributed by atoms with Crippen molar-refractivity contribution < 1.29 is 12.7 Å². The van der Waals surface area contributed by atoms with Gasteiger partial charge in [0, 0.05) is 43.7 Å². The minimum Gasteiger partial charge on any atom is -0.382 e. The summed E-state index contributed by atoms with van der Waals surface area (Å²) in [6.45, 7) is 1.60. The molecular weight excluding hydrogens is 418 g/mol. The first-order chi connectivity index (χ1) is 14.9. The van der Waals surface area contributed by atoms with E-state index in [1.165, 1.54) is 16.8 Å². The number of fused-ring (bicyclic) bond motifs is 1. The summed E-state index contributed by atoms with van der Waals surface area (Å²) < 4.78 is 28.6. The molecule has 11 nitrogen and oxygen atoms in total. The molecule has 1 fully saturated rings. The van der Waals surface area contributed by atoms with Crippen LogP contribution in [0.3, 0.4) is 0 Å². The maximum atomic E-state index is 12.8. The van der Waals surface area contributed by atoms with Crippen molar-refractivity contribution in [3.05, 3.63) is 43.0 Å². The molecule has 12 heteroatoms. The van der Waals surface area contributed by atoms with Crippen LogP contribution < -0.4 is 10.6 Å². The highest BCUT2D eigenvalue weighted by atomic mass is 32.2. The fourth-order valence-electron chi connectivity index (χ4n) is 3.59. The summed E-state index contributed by atoms with van der Waals surface area (Å²) in [4.78, 5) is 22.7. The van der Waals surface area contributed by atoms with Crippen molar-refractivity contribution in [3.63, 3.8) is 0 Å². The Labute approximate surface area is 183 Å². The molecule has 0 saturated carbocycles. The van der Waals surface area contributed by atoms with E-state index >= 15 is 0 Å². The second kappa shape index (κ2) is 7.32. The van der Waals surface area contributed by atoms with Gasteiger partial charge in [-0.05, 0) is 12.1 Å². The SMILES string of the molecule is Cn1cnc(S(=O)(=O)N2CCN(c3cnc(N)c(-c4nc5ccccc5[nH]4)n3)CC2)c1.[HH].[HH].[HH]. The van der Waals surface area contributed by atoms with Gasteiger partial charge >= 0.3 is 0 Å². The van der Waals surface area contributed by atoms with Crippen LogP contribution in [0.25, 0.3) is 22.6 Å². The third kappa shape index (κ3) is 3.49. The minimum atomic E-state index is -3.62. The van der Waals surface area contributed by atoms with Crippen LogP contribution in [0, 0.1) is 0 Å². The number of nitrogen functional groups attached to an aromatic ring is 1. The van der Waals surface area contributed by atoms with Crippen LogP contribution in [0.2, 0.25) is 0 Å². The summed E-state index contributed by atoms with van der Waals surface area (Å²) in [5.74, 6) is 1.45. The molecule has 3 N–H and O–H groups in total. The Morgan fingerprint density at radius 3 is 2.58 bits per heavy atom. The highest BCUT2D eigenvalue weighted by Crippen LogP contribution is 2.26. The first-order valence-electron chi connectivity index (χ1n) is 9.72. The van der Waals surface area contributed by atoms with E-state index in [4.69, 9.17) is 5.73 Å². The molecule has 0 spiro atoms. The number of rotatable bonds is 4. The maximum Gasteiger partial charge on any atom is 0.262 e. The number of para-hydroxylation sites is 2. The van der Waals surface area contributed by atoms with Gasteiger partial charge in [0.05, 0.1) is 23.6 Å². The fourth-order valence-corrected chi connectivity index (χ4v) is 4.98. The lowest BCUT2D eigenvalue weighted by Gasteiger charge is -2.34. The van der Waals surface area contributed by atoms with Crippen LogP contribution in [0.5, 0.6) is 0 Å². The standard InChI is InChI=1S/C19H21N9O2S.3H2/c1-26-11-16(22-12-26)31(29,30)28-8-6-27(7-9-28)15-10-21-18(20)17(25-15)19-23-13-4-2-3-5-14(13)24-19;;;/h2-5,10-12H,6-9H2,1H3,(H2,20,21)(H,23,24);3*1H. The number of hydrogen-bond donors (Lipinski definition) is 2. The van der Waals surface area contributed by atoms with E-state index in [-0.39, 0.29) is 15.1 Å². The van der Waals surface area contributed by atoms with E-state index in [1.54, 1.807) is 17.8 Å². The number of aryl methyl sites for hydroxylation is 1. The zero-order chi connectivity index (χ0) is 21.6. The van der Waals surface area contributed by atoms with Crippen molar-refractivity contribution in [2.45, 2.75) is 5.03 Å². The van der Waals surface area contributed by atoms with E-state index in [1.807, 2.05) is 29.2 Å². The van der Waals surface area contributed by atoms with Gasteiger partial charge in [-0.1, -0.05) is 12.1 Å². The molecule has 1 aliphatic heterocycles. The molecule has 0 amide bonds. The van der Waals surface area contributed by atoms with E-state index in [2.05, 4.69) is 24.9 Å². The molecule has 0 unspecified atom stereocenters. The minimum absolute atomic E-state index is 0. The van der Waals surface area contributed by atoms with Gasteiger partial charge in [0.15, 0.2) is 22.4 Å². The third-order valence-electron chi connectivity index (χ3n) is 5.25. The van der Waals surface area contributed by atoms with Gasteiger partial charge in [-0.25, -0.2) is 28.4 Å². The van der Waals surface area contributed by atoms with Crippen molar-refractivity contribution in [1.82, 2.24) is 33.8 Å². The molecule has 0 radical (unpaired) electrons. The predicted molar refractivity (Wildman–Crippen MR) is 122 cm³/mol. The van der Waals surface area contributed by atoms with Crippen LogP contribution in [-0.4, -0.2) is 68.4 Å². The second-order valence-corrected chi connectivity index (χ2v) is 9.22. The van der Waals surface area contributed by atoms with Gasteiger partial charge in [0.1, 0.15) is 5.82 Å². The lowest BCUT2D eigenvalue weighted by atomic mass is 10.3. The van der Waals surface area contributed by atoms with Crippen molar-refractivity contribution in [2.24, 2.45) is 7.05 Å². The smallest absolute Gasteiger partial charge is 0.262 e. The lowest BCUT2D eigenvalue weighted by Crippen LogP contribution is -2.49. The monoisotopic (exact) mass is 445 g/mol. The zero-order valence-electron chi connectivity index (χ0n) is 16.8. The van der Waals surface area contributed by atoms with Crippen LogP contribution in [0.15, 0.2) is 48.0 Å².